The summed E-state index contributed by atoms with van der Waals surface area (Å²) in [6.45, 7) is 1.83. The molecule has 0 aliphatic carbocycles. The van der Waals surface area contributed by atoms with Gasteiger partial charge in [0.15, 0.2) is 0 Å². The quantitative estimate of drug-likeness (QED) is 0.858. The molecule has 0 saturated carbocycles. The van der Waals surface area contributed by atoms with Gasteiger partial charge in [0.25, 0.3) is 0 Å². The van der Waals surface area contributed by atoms with Crippen molar-refractivity contribution in [1.82, 2.24) is 14.1 Å². The highest BCUT2D eigenvalue weighted by Gasteiger charge is 2.36. The zero-order valence-electron chi connectivity index (χ0n) is 12.9. The minimum absolute atomic E-state index is 0.108. The Bertz CT molecular complexity index is 799. The van der Waals surface area contributed by atoms with Gasteiger partial charge in [0.1, 0.15) is 10.7 Å². The lowest BCUT2D eigenvalue weighted by atomic mass is 10.0. The van der Waals surface area contributed by atoms with Crippen molar-refractivity contribution in [1.29, 1.82) is 0 Å². The van der Waals surface area contributed by atoms with Crippen LogP contribution >= 0.6 is 0 Å². The Morgan fingerprint density at radius 3 is 2.65 bits per heavy atom. The minimum Gasteiger partial charge on any atom is -0.298 e. The van der Waals surface area contributed by atoms with E-state index in [0.29, 0.717) is 13.0 Å². The molecule has 1 atom stereocenters. The lowest BCUT2D eigenvalue weighted by Crippen LogP contribution is -2.47. The van der Waals surface area contributed by atoms with Gasteiger partial charge in [-0.15, -0.1) is 0 Å². The largest absolute Gasteiger partial charge is 0.298 e. The first-order chi connectivity index (χ1) is 11.0. The second-order valence-electron chi connectivity index (χ2n) is 5.69. The molecule has 3 rings (SSSR count). The normalized spacial score (nSPS) is 19.6. The van der Waals surface area contributed by atoms with E-state index in [2.05, 4.69) is 5.10 Å². The fraction of sp³-hybridized carbons (Fsp3) is 0.375. The average molecular weight is 333 g/mol. The number of sulfonamides is 1. The zero-order valence-corrected chi connectivity index (χ0v) is 13.7. The van der Waals surface area contributed by atoms with E-state index in [1.807, 2.05) is 30.3 Å². The average Bonchev–Trinajstić information content (AvgIpc) is 3.06. The van der Waals surface area contributed by atoms with Crippen LogP contribution < -0.4 is 0 Å². The molecule has 0 bridgehead atoms. The summed E-state index contributed by atoms with van der Waals surface area (Å²) < 4.78 is 28.6. The molecule has 2 heterocycles. The van der Waals surface area contributed by atoms with E-state index < -0.39 is 16.1 Å². The Morgan fingerprint density at radius 1 is 1.22 bits per heavy atom. The molecular weight excluding hydrogens is 314 g/mol. The van der Waals surface area contributed by atoms with Crippen LogP contribution in [0.4, 0.5) is 0 Å². The van der Waals surface area contributed by atoms with Gasteiger partial charge in [0.2, 0.25) is 10.0 Å². The Kier molecular flexibility index (Phi) is 4.32. The maximum atomic E-state index is 12.9. The summed E-state index contributed by atoms with van der Waals surface area (Å²) in [6.07, 6.45) is 5.07. The van der Waals surface area contributed by atoms with Crippen LogP contribution in [0.3, 0.4) is 0 Å². The number of aromatic nitrogens is 2. The monoisotopic (exact) mass is 333 g/mol. The number of carbonyl (C=O) groups excluding carboxylic acids is 1. The van der Waals surface area contributed by atoms with Gasteiger partial charge in [-0.05, 0) is 31.9 Å². The smallest absolute Gasteiger partial charge is 0.246 e. The van der Waals surface area contributed by atoms with Crippen molar-refractivity contribution in [2.75, 3.05) is 6.54 Å². The highest BCUT2D eigenvalue weighted by Crippen LogP contribution is 2.26. The van der Waals surface area contributed by atoms with Crippen LogP contribution in [-0.2, 0) is 14.8 Å². The van der Waals surface area contributed by atoms with E-state index in [4.69, 9.17) is 0 Å². The topological polar surface area (TPSA) is 72.3 Å². The highest BCUT2D eigenvalue weighted by atomic mass is 32.2. The number of rotatable bonds is 4. The number of Topliss-reactive ketones (excluding diaryl/α,β-unsaturated/α-hetero) is 1. The summed E-state index contributed by atoms with van der Waals surface area (Å²) in [5.41, 5.74) is 0.788. The molecule has 1 aliphatic rings. The first-order valence-electron chi connectivity index (χ1n) is 7.62. The lowest BCUT2D eigenvalue weighted by molar-refractivity contribution is -0.121. The Hall–Kier alpha value is -1.99. The predicted octanol–water partition coefficient (Wildman–Crippen LogP) is 2.00. The van der Waals surface area contributed by atoms with Gasteiger partial charge in [0, 0.05) is 6.54 Å². The number of carbonyl (C=O) groups is 1. The highest BCUT2D eigenvalue weighted by molar-refractivity contribution is 7.89. The first-order valence-corrected chi connectivity index (χ1v) is 9.06. The maximum absolute atomic E-state index is 12.9. The third-order valence-corrected chi connectivity index (χ3v) is 5.97. The summed E-state index contributed by atoms with van der Waals surface area (Å²) in [4.78, 5) is 11.9. The fourth-order valence-electron chi connectivity index (χ4n) is 2.90. The molecule has 6 nitrogen and oxygen atoms in total. The number of hydrogen-bond acceptors (Lipinski definition) is 4. The van der Waals surface area contributed by atoms with Crippen LogP contribution in [0.15, 0.2) is 47.6 Å². The van der Waals surface area contributed by atoms with Gasteiger partial charge in [-0.3, -0.25) is 4.79 Å². The predicted molar refractivity (Wildman–Crippen MR) is 85.8 cm³/mol. The molecule has 1 saturated heterocycles. The number of benzene rings is 1. The molecule has 0 radical (unpaired) electrons. The second-order valence-corrected chi connectivity index (χ2v) is 7.58. The van der Waals surface area contributed by atoms with Crippen molar-refractivity contribution < 1.29 is 13.2 Å². The van der Waals surface area contributed by atoms with E-state index in [0.717, 1.165) is 18.5 Å². The Morgan fingerprint density at radius 2 is 1.96 bits per heavy atom. The van der Waals surface area contributed by atoms with Crippen LogP contribution in [0.2, 0.25) is 0 Å². The third kappa shape index (κ3) is 3.07. The van der Waals surface area contributed by atoms with Crippen molar-refractivity contribution in [3.8, 4) is 5.69 Å². The molecule has 0 amide bonds. The first kappa shape index (κ1) is 15.9. The molecule has 23 heavy (non-hydrogen) atoms. The molecule has 122 valence electrons. The molecule has 1 aromatic carbocycles. The molecule has 1 aliphatic heterocycles. The molecule has 1 aromatic heterocycles. The van der Waals surface area contributed by atoms with Gasteiger partial charge in [-0.1, -0.05) is 24.6 Å². The van der Waals surface area contributed by atoms with Gasteiger partial charge in [0.05, 0.1) is 24.1 Å². The Balaban J connectivity index is 1.94. The summed E-state index contributed by atoms with van der Waals surface area (Å²) >= 11 is 0. The van der Waals surface area contributed by atoms with Crippen LogP contribution in [0.25, 0.3) is 5.69 Å². The third-order valence-electron chi connectivity index (χ3n) is 4.11. The summed E-state index contributed by atoms with van der Waals surface area (Å²) in [5, 5.41) is 4.14. The summed E-state index contributed by atoms with van der Waals surface area (Å²) in [6, 6.07) is 8.75. The van der Waals surface area contributed by atoms with Gasteiger partial charge < -0.3 is 0 Å². The summed E-state index contributed by atoms with van der Waals surface area (Å²) in [7, 11) is -3.71. The van der Waals surface area contributed by atoms with E-state index in [1.165, 1.54) is 28.3 Å². The lowest BCUT2D eigenvalue weighted by Gasteiger charge is -2.32. The number of ketones is 1. The molecular formula is C16H19N3O3S. The molecule has 0 spiro atoms. The number of hydrogen-bond donors (Lipinski definition) is 0. The van der Waals surface area contributed by atoms with Gasteiger partial charge in [-0.25, -0.2) is 13.1 Å². The standard InChI is InChI=1S/C16H19N3O3S/c1-13(20)16-9-5-6-10-19(16)23(21,22)15-11-17-18(12-15)14-7-3-2-4-8-14/h2-4,7-8,11-12,16H,5-6,9-10H2,1H3. The SMILES string of the molecule is CC(=O)C1CCCCN1S(=O)(=O)c1cnn(-c2ccccc2)c1. The van der Waals surface area contributed by atoms with Crippen LogP contribution in [0, 0.1) is 0 Å². The molecule has 0 N–H and O–H groups in total. The van der Waals surface area contributed by atoms with Crippen LogP contribution in [0.1, 0.15) is 26.2 Å². The van der Waals surface area contributed by atoms with E-state index in [-0.39, 0.29) is 10.7 Å². The van der Waals surface area contributed by atoms with E-state index in [1.54, 1.807) is 0 Å². The van der Waals surface area contributed by atoms with Crippen molar-refractivity contribution in [2.45, 2.75) is 37.1 Å². The fourth-order valence-corrected chi connectivity index (χ4v) is 4.54. The van der Waals surface area contributed by atoms with Crippen molar-refractivity contribution in [3.05, 3.63) is 42.7 Å². The molecule has 1 fully saturated rings. The number of nitrogens with zero attached hydrogens (tertiary/aromatic N) is 3. The summed E-state index contributed by atoms with van der Waals surface area (Å²) in [5.74, 6) is -0.108. The maximum Gasteiger partial charge on any atom is 0.246 e. The van der Waals surface area contributed by atoms with Crippen LogP contribution in [-0.4, -0.2) is 40.9 Å². The Labute approximate surface area is 135 Å². The van der Waals surface area contributed by atoms with E-state index in [9.17, 15) is 13.2 Å². The number of piperidine rings is 1. The van der Waals surface area contributed by atoms with E-state index >= 15 is 0 Å². The van der Waals surface area contributed by atoms with Gasteiger partial charge in [-0.2, -0.15) is 9.40 Å². The second kappa shape index (κ2) is 6.25. The van der Waals surface area contributed by atoms with Crippen molar-refractivity contribution in [2.24, 2.45) is 0 Å². The minimum atomic E-state index is -3.71. The number of para-hydroxylation sites is 1. The zero-order chi connectivity index (χ0) is 16.4. The molecule has 1 unspecified atom stereocenters. The van der Waals surface area contributed by atoms with Crippen molar-refractivity contribution in [3.63, 3.8) is 0 Å². The van der Waals surface area contributed by atoms with Gasteiger partial charge >= 0.3 is 0 Å². The van der Waals surface area contributed by atoms with Crippen LogP contribution in [0.5, 0.6) is 0 Å². The van der Waals surface area contributed by atoms with Crippen molar-refractivity contribution >= 4 is 15.8 Å². The molecule has 7 heteroatoms. The molecule has 2 aromatic rings.